The predicted molar refractivity (Wildman–Crippen MR) is 89.4 cm³/mol. The van der Waals surface area contributed by atoms with Crippen molar-refractivity contribution < 1.29 is 9.21 Å². The van der Waals surface area contributed by atoms with Gasteiger partial charge in [-0.05, 0) is 32.4 Å². The number of hydrogen-bond acceptors (Lipinski definition) is 5. The molecule has 0 atom stereocenters. The molecule has 2 heterocycles. The highest BCUT2D eigenvalue weighted by molar-refractivity contribution is 5.90. The Hall–Kier alpha value is -2.96. The quantitative estimate of drug-likeness (QED) is 0.779. The Morgan fingerprint density at radius 2 is 1.96 bits per heavy atom. The van der Waals surface area contributed by atoms with E-state index in [9.17, 15) is 4.79 Å². The van der Waals surface area contributed by atoms with E-state index in [1.54, 1.807) is 16.9 Å². The zero-order valence-corrected chi connectivity index (χ0v) is 13.9. The Morgan fingerprint density at radius 1 is 1.21 bits per heavy atom. The van der Waals surface area contributed by atoms with E-state index in [0.29, 0.717) is 5.89 Å². The van der Waals surface area contributed by atoms with Gasteiger partial charge < -0.3 is 4.42 Å². The smallest absolute Gasteiger partial charge is 0.322 e. The van der Waals surface area contributed by atoms with Crippen LogP contribution in [0.1, 0.15) is 31.0 Å². The number of aryl methyl sites for hydroxylation is 1. The molecule has 0 saturated carbocycles. The average Bonchev–Trinajstić information content (AvgIpc) is 3.18. The predicted octanol–water partition coefficient (Wildman–Crippen LogP) is 3.00. The highest BCUT2D eigenvalue weighted by Crippen LogP contribution is 2.22. The molecule has 0 fully saturated rings. The number of carbonyl (C=O) groups is 1. The molecule has 1 N–H and O–H groups in total. The average molecular weight is 325 g/mol. The summed E-state index contributed by atoms with van der Waals surface area (Å²) in [6, 6.07) is 9.84. The number of hydrogen-bond donors (Lipinski definition) is 1. The summed E-state index contributed by atoms with van der Waals surface area (Å²) >= 11 is 0. The maximum Gasteiger partial charge on any atom is 0.322 e. The van der Waals surface area contributed by atoms with Crippen LogP contribution in [0.3, 0.4) is 0 Å². The molecule has 1 amide bonds. The summed E-state index contributed by atoms with van der Waals surface area (Å²) in [4.78, 5) is 12.1. The van der Waals surface area contributed by atoms with Gasteiger partial charge in [0.05, 0.1) is 6.42 Å². The van der Waals surface area contributed by atoms with Crippen molar-refractivity contribution in [3.63, 3.8) is 0 Å². The number of nitrogens with zero attached hydrogens (tertiary/aromatic N) is 4. The standard InChI is InChI=1S/C17H19N5O2/c1-11(2)22-14(8-9-18-22)16-20-21-17(24-16)19-15(23)10-13-6-4-12(3)5-7-13/h4-9,11H,10H2,1-3H3,(H,19,21,23). The Labute approximate surface area is 139 Å². The molecule has 0 aliphatic heterocycles. The van der Waals surface area contributed by atoms with Crippen LogP contribution in [-0.4, -0.2) is 25.9 Å². The summed E-state index contributed by atoms with van der Waals surface area (Å²) in [6.07, 6.45) is 1.93. The largest absolute Gasteiger partial charge is 0.401 e. The molecule has 7 nitrogen and oxygen atoms in total. The van der Waals surface area contributed by atoms with Gasteiger partial charge >= 0.3 is 6.01 Å². The van der Waals surface area contributed by atoms with Crippen molar-refractivity contribution >= 4 is 11.9 Å². The maximum atomic E-state index is 12.1. The second-order valence-electron chi connectivity index (χ2n) is 5.88. The first kappa shape index (κ1) is 15.9. The Bertz CT molecular complexity index is 833. The number of carbonyl (C=O) groups excluding carboxylic acids is 1. The van der Waals surface area contributed by atoms with Gasteiger partial charge in [-0.3, -0.25) is 14.8 Å². The van der Waals surface area contributed by atoms with Crippen LogP contribution in [0.25, 0.3) is 11.6 Å². The second-order valence-corrected chi connectivity index (χ2v) is 5.88. The van der Waals surface area contributed by atoms with Gasteiger partial charge in [0, 0.05) is 12.2 Å². The maximum absolute atomic E-state index is 12.1. The van der Waals surface area contributed by atoms with Crippen LogP contribution in [0.4, 0.5) is 6.01 Å². The summed E-state index contributed by atoms with van der Waals surface area (Å²) in [5.74, 6) is 0.123. The fourth-order valence-electron chi connectivity index (χ4n) is 2.33. The third-order valence-electron chi connectivity index (χ3n) is 3.54. The molecule has 0 aliphatic rings. The molecular weight excluding hydrogens is 306 g/mol. The molecule has 0 radical (unpaired) electrons. The molecule has 7 heteroatoms. The van der Waals surface area contributed by atoms with Gasteiger partial charge in [0.2, 0.25) is 5.91 Å². The molecule has 124 valence electrons. The van der Waals surface area contributed by atoms with E-state index < -0.39 is 0 Å². The van der Waals surface area contributed by atoms with Crippen LogP contribution in [0, 0.1) is 6.92 Å². The molecule has 0 spiro atoms. The lowest BCUT2D eigenvalue weighted by Gasteiger charge is -2.07. The molecule has 0 bridgehead atoms. The van der Waals surface area contributed by atoms with Crippen molar-refractivity contribution in [2.24, 2.45) is 0 Å². The van der Waals surface area contributed by atoms with Crippen molar-refractivity contribution in [2.75, 3.05) is 5.32 Å². The van der Waals surface area contributed by atoms with E-state index in [1.165, 1.54) is 0 Å². The molecule has 2 aromatic heterocycles. The normalized spacial score (nSPS) is 11.0. The van der Waals surface area contributed by atoms with Gasteiger partial charge in [-0.2, -0.15) is 5.10 Å². The van der Waals surface area contributed by atoms with Gasteiger partial charge in [0.25, 0.3) is 5.89 Å². The van der Waals surface area contributed by atoms with Crippen LogP contribution in [-0.2, 0) is 11.2 Å². The number of rotatable bonds is 5. The summed E-state index contributed by atoms with van der Waals surface area (Å²) in [6.45, 7) is 6.03. The first-order valence-corrected chi connectivity index (χ1v) is 7.75. The minimum atomic E-state index is -0.202. The third-order valence-corrected chi connectivity index (χ3v) is 3.54. The molecule has 24 heavy (non-hydrogen) atoms. The van der Waals surface area contributed by atoms with Crippen molar-refractivity contribution in [3.05, 3.63) is 47.7 Å². The van der Waals surface area contributed by atoms with Crippen molar-refractivity contribution in [1.29, 1.82) is 0 Å². The lowest BCUT2D eigenvalue weighted by molar-refractivity contribution is -0.115. The van der Waals surface area contributed by atoms with Crippen molar-refractivity contribution in [1.82, 2.24) is 20.0 Å². The topological polar surface area (TPSA) is 85.8 Å². The van der Waals surface area contributed by atoms with E-state index in [2.05, 4.69) is 20.6 Å². The molecular formula is C17H19N5O2. The fourth-order valence-corrected chi connectivity index (χ4v) is 2.33. The van der Waals surface area contributed by atoms with E-state index in [4.69, 9.17) is 4.42 Å². The van der Waals surface area contributed by atoms with E-state index in [-0.39, 0.29) is 24.4 Å². The van der Waals surface area contributed by atoms with Gasteiger partial charge in [0.15, 0.2) is 0 Å². The SMILES string of the molecule is Cc1ccc(CC(=O)Nc2nnc(-c3ccnn3C(C)C)o2)cc1. The van der Waals surface area contributed by atoms with E-state index >= 15 is 0 Å². The van der Waals surface area contributed by atoms with Crippen LogP contribution in [0.5, 0.6) is 0 Å². The van der Waals surface area contributed by atoms with Crippen LogP contribution < -0.4 is 5.32 Å². The molecule has 0 saturated heterocycles. The zero-order valence-electron chi connectivity index (χ0n) is 13.9. The van der Waals surface area contributed by atoms with E-state index in [1.807, 2.05) is 45.0 Å². The minimum Gasteiger partial charge on any atom is -0.401 e. The Kier molecular flexibility index (Phi) is 4.41. The molecule has 3 aromatic rings. The number of aromatic nitrogens is 4. The minimum absolute atomic E-state index is 0.0821. The van der Waals surface area contributed by atoms with Crippen LogP contribution >= 0.6 is 0 Å². The number of amides is 1. The summed E-state index contributed by atoms with van der Waals surface area (Å²) in [5, 5.41) is 14.7. The fraction of sp³-hybridized carbons (Fsp3) is 0.294. The Morgan fingerprint density at radius 3 is 2.67 bits per heavy atom. The highest BCUT2D eigenvalue weighted by Gasteiger charge is 2.16. The van der Waals surface area contributed by atoms with Crippen LogP contribution in [0.2, 0.25) is 0 Å². The Balaban J connectivity index is 1.68. The number of nitrogens with one attached hydrogen (secondary N) is 1. The van der Waals surface area contributed by atoms with Crippen molar-refractivity contribution in [2.45, 2.75) is 33.2 Å². The number of benzene rings is 1. The van der Waals surface area contributed by atoms with Gasteiger partial charge in [-0.25, -0.2) is 0 Å². The lowest BCUT2D eigenvalue weighted by Crippen LogP contribution is -2.14. The molecule has 0 aliphatic carbocycles. The number of anilines is 1. The van der Waals surface area contributed by atoms with Gasteiger partial charge in [-0.15, -0.1) is 5.10 Å². The summed E-state index contributed by atoms with van der Waals surface area (Å²) in [5.41, 5.74) is 2.80. The third kappa shape index (κ3) is 3.51. The van der Waals surface area contributed by atoms with Crippen LogP contribution in [0.15, 0.2) is 40.9 Å². The van der Waals surface area contributed by atoms with Crippen molar-refractivity contribution in [3.8, 4) is 11.6 Å². The second kappa shape index (κ2) is 6.66. The van der Waals surface area contributed by atoms with Gasteiger partial charge in [0.1, 0.15) is 5.69 Å². The summed E-state index contributed by atoms with van der Waals surface area (Å²) in [7, 11) is 0. The highest BCUT2D eigenvalue weighted by atomic mass is 16.4. The van der Waals surface area contributed by atoms with Gasteiger partial charge in [-0.1, -0.05) is 34.9 Å². The molecule has 0 unspecified atom stereocenters. The monoisotopic (exact) mass is 325 g/mol. The lowest BCUT2D eigenvalue weighted by atomic mass is 10.1. The molecule has 1 aromatic carbocycles. The zero-order chi connectivity index (χ0) is 17.1. The first-order chi connectivity index (χ1) is 11.5. The molecule has 3 rings (SSSR count). The van der Waals surface area contributed by atoms with E-state index in [0.717, 1.165) is 16.8 Å². The summed E-state index contributed by atoms with van der Waals surface area (Å²) < 4.78 is 7.31. The first-order valence-electron chi connectivity index (χ1n) is 7.75.